The van der Waals surface area contributed by atoms with E-state index in [1.165, 1.54) is 23.4 Å². The summed E-state index contributed by atoms with van der Waals surface area (Å²) in [4.78, 5) is 18.1. The van der Waals surface area contributed by atoms with Crippen molar-refractivity contribution < 1.29 is 19.0 Å². The molecule has 1 amide bonds. The summed E-state index contributed by atoms with van der Waals surface area (Å²) < 4.78 is 7.77. The number of benzene rings is 1. The van der Waals surface area contributed by atoms with Crippen molar-refractivity contribution in [1.29, 1.82) is 0 Å². The van der Waals surface area contributed by atoms with Gasteiger partial charge in [-0.25, -0.2) is 9.88 Å². The van der Waals surface area contributed by atoms with Crippen molar-refractivity contribution in [1.82, 2.24) is 10.1 Å². The van der Waals surface area contributed by atoms with Crippen LogP contribution in [0.25, 0.3) is 11.3 Å². The number of carbonyl (C=O) groups is 1. The zero-order valence-electron chi connectivity index (χ0n) is 13.8. The lowest BCUT2D eigenvalue weighted by molar-refractivity contribution is -0.765. The van der Waals surface area contributed by atoms with E-state index in [2.05, 4.69) is 26.0 Å². The number of thioether (sulfide) groups is 1. The topological polar surface area (TPSA) is 86.2 Å². The molecule has 2 aromatic heterocycles. The molecule has 1 aliphatic rings. The van der Waals surface area contributed by atoms with Crippen LogP contribution in [0.4, 0.5) is 5.69 Å². The van der Waals surface area contributed by atoms with E-state index < -0.39 is 12.0 Å². The molecule has 1 unspecified atom stereocenters. The smallest absolute Gasteiger partial charge is 0.325 e. The first-order valence-electron chi connectivity index (χ1n) is 7.70. The second-order valence-corrected chi connectivity index (χ2v) is 7.17. The lowest BCUT2D eigenvalue weighted by Gasteiger charge is -2.31. The third-order valence-electron chi connectivity index (χ3n) is 4.09. The summed E-state index contributed by atoms with van der Waals surface area (Å²) in [5.41, 5.74) is 1.56. The minimum absolute atomic E-state index is 0.190. The predicted octanol–water partition coefficient (Wildman–Crippen LogP) is 2.50. The van der Waals surface area contributed by atoms with Crippen molar-refractivity contribution in [2.75, 3.05) is 11.2 Å². The van der Waals surface area contributed by atoms with E-state index in [4.69, 9.17) is 4.42 Å². The molecule has 132 valence electrons. The lowest BCUT2D eigenvalue weighted by atomic mass is 10.0. The number of fused-ring (bicyclic) bond motifs is 3. The van der Waals surface area contributed by atoms with E-state index in [1.54, 1.807) is 35.4 Å². The highest BCUT2D eigenvalue weighted by Gasteiger charge is 2.45. The first kappa shape index (κ1) is 17.0. The van der Waals surface area contributed by atoms with Crippen LogP contribution in [-0.4, -0.2) is 22.2 Å². The summed E-state index contributed by atoms with van der Waals surface area (Å²) in [5, 5.41) is 17.6. The second kappa shape index (κ2) is 6.40. The Morgan fingerprint density at radius 1 is 1.35 bits per heavy atom. The van der Waals surface area contributed by atoms with Crippen LogP contribution in [0.15, 0.2) is 50.6 Å². The molecule has 0 bridgehead atoms. The molecule has 0 aliphatic carbocycles. The molecular formula is C17H13BrN4O3S. The van der Waals surface area contributed by atoms with Gasteiger partial charge in [0.15, 0.2) is 10.4 Å². The zero-order chi connectivity index (χ0) is 18.4. The molecule has 0 spiro atoms. The van der Waals surface area contributed by atoms with Crippen LogP contribution in [0.2, 0.25) is 0 Å². The van der Waals surface area contributed by atoms with Crippen molar-refractivity contribution in [2.24, 2.45) is 0 Å². The van der Waals surface area contributed by atoms with Gasteiger partial charge in [-0.3, -0.25) is 4.79 Å². The first-order chi connectivity index (χ1) is 12.5. The van der Waals surface area contributed by atoms with Gasteiger partial charge >= 0.3 is 6.17 Å². The van der Waals surface area contributed by atoms with Gasteiger partial charge in [-0.1, -0.05) is 23.9 Å². The highest BCUT2D eigenvalue weighted by atomic mass is 79.9. The van der Waals surface area contributed by atoms with Crippen LogP contribution in [0.5, 0.6) is 5.88 Å². The van der Waals surface area contributed by atoms with Gasteiger partial charge < -0.3 is 9.52 Å². The molecule has 9 heteroatoms. The third kappa shape index (κ3) is 2.58. The fraction of sp³-hybridized carbons (Fsp3) is 0.176. The van der Waals surface area contributed by atoms with Crippen molar-refractivity contribution in [3.05, 3.63) is 46.8 Å². The molecule has 4 rings (SSSR count). The van der Waals surface area contributed by atoms with Crippen LogP contribution < -0.4 is 14.7 Å². The van der Waals surface area contributed by atoms with Crippen LogP contribution in [0, 0.1) is 0 Å². The fourth-order valence-corrected chi connectivity index (χ4v) is 3.75. The average Bonchev–Trinajstić information content (AvgIpc) is 3.05. The Morgan fingerprint density at radius 3 is 2.77 bits per heavy atom. The number of para-hydroxylation sites is 1. The molecule has 1 aliphatic heterocycles. The van der Waals surface area contributed by atoms with Gasteiger partial charge in [-0.15, -0.1) is 0 Å². The SMILES string of the molecule is CSc1nc([O-])c2[n+](n1)C(c1ccc(Br)o1)N(C(C)=O)c1ccccc1-2. The van der Waals surface area contributed by atoms with Gasteiger partial charge in [-0.2, -0.15) is 0 Å². The van der Waals surface area contributed by atoms with Crippen molar-refractivity contribution in [3.8, 4) is 17.1 Å². The molecular weight excluding hydrogens is 420 g/mol. The maximum absolute atomic E-state index is 12.7. The summed E-state index contributed by atoms with van der Waals surface area (Å²) in [6.45, 7) is 1.47. The Kier molecular flexibility index (Phi) is 4.20. The first-order valence-corrected chi connectivity index (χ1v) is 9.72. The highest BCUT2D eigenvalue weighted by molar-refractivity contribution is 9.10. The van der Waals surface area contributed by atoms with Gasteiger partial charge in [0.05, 0.1) is 17.1 Å². The molecule has 0 N–H and O–H groups in total. The summed E-state index contributed by atoms with van der Waals surface area (Å²) >= 11 is 4.55. The normalized spacial score (nSPS) is 15.5. The fourth-order valence-electron chi connectivity index (χ4n) is 3.09. The molecule has 3 heterocycles. The number of aromatic nitrogens is 3. The minimum Gasteiger partial charge on any atom is -0.854 e. The van der Waals surface area contributed by atoms with Crippen molar-refractivity contribution in [2.45, 2.75) is 18.2 Å². The van der Waals surface area contributed by atoms with E-state index in [9.17, 15) is 9.90 Å². The van der Waals surface area contributed by atoms with E-state index in [0.717, 1.165) is 0 Å². The number of halogens is 1. The monoisotopic (exact) mass is 432 g/mol. The maximum atomic E-state index is 12.7. The van der Waals surface area contributed by atoms with Gasteiger partial charge in [0.2, 0.25) is 5.91 Å². The molecule has 0 saturated heterocycles. The highest BCUT2D eigenvalue weighted by Crippen LogP contribution is 2.41. The molecule has 7 nitrogen and oxygen atoms in total. The minimum atomic E-state index is -0.717. The van der Waals surface area contributed by atoms with Crippen LogP contribution >= 0.6 is 27.7 Å². The van der Waals surface area contributed by atoms with Crippen LogP contribution in [0.3, 0.4) is 0 Å². The van der Waals surface area contributed by atoms with E-state index in [1.807, 2.05) is 12.1 Å². The number of hydrogen-bond donors (Lipinski definition) is 0. The number of amides is 1. The molecule has 1 atom stereocenters. The second-order valence-electron chi connectivity index (χ2n) is 5.62. The van der Waals surface area contributed by atoms with Crippen molar-refractivity contribution in [3.63, 3.8) is 0 Å². The number of furan rings is 1. The van der Waals surface area contributed by atoms with Gasteiger partial charge in [-0.05, 0) is 51.1 Å². The Morgan fingerprint density at radius 2 is 2.12 bits per heavy atom. The number of anilines is 1. The summed E-state index contributed by atoms with van der Waals surface area (Å²) in [7, 11) is 0. The van der Waals surface area contributed by atoms with Gasteiger partial charge in [0.25, 0.3) is 10.9 Å². The number of rotatable bonds is 2. The quantitative estimate of drug-likeness (QED) is 0.456. The van der Waals surface area contributed by atoms with Crippen LogP contribution in [-0.2, 0) is 4.79 Å². The molecule has 0 radical (unpaired) electrons. The summed E-state index contributed by atoms with van der Waals surface area (Å²) in [6.07, 6.45) is 1.07. The Bertz CT molecular complexity index is 1020. The van der Waals surface area contributed by atoms with Gasteiger partial charge in [0.1, 0.15) is 0 Å². The predicted molar refractivity (Wildman–Crippen MR) is 96.6 cm³/mol. The average molecular weight is 433 g/mol. The molecule has 3 aromatic rings. The number of carbonyl (C=O) groups excluding carboxylic acids is 1. The third-order valence-corrected chi connectivity index (χ3v) is 5.05. The maximum Gasteiger partial charge on any atom is 0.325 e. The number of nitrogens with zero attached hydrogens (tertiary/aromatic N) is 4. The zero-order valence-corrected chi connectivity index (χ0v) is 16.2. The molecule has 26 heavy (non-hydrogen) atoms. The number of hydrogen-bond acceptors (Lipinski definition) is 6. The Hall–Kier alpha value is -2.39. The lowest BCUT2D eigenvalue weighted by Crippen LogP contribution is -2.58. The Labute approximate surface area is 161 Å². The largest absolute Gasteiger partial charge is 0.854 e. The van der Waals surface area contributed by atoms with Crippen LogP contribution in [0.1, 0.15) is 18.8 Å². The summed E-state index contributed by atoms with van der Waals surface area (Å²) in [6, 6.07) is 10.7. The Balaban J connectivity index is 2.08. The van der Waals surface area contributed by atoms with E-state index in [-0.39, 0.29) is 5.91 Å². The standard InChI is InChI=1S/C17H13BrN4O3S/c1-9(23)21-11-6-4-3-5-10(11)14-15(24)19-17(26-2)20-22(14)16(21)12-7-8-13(18)25-12/h3-8,16H,1-2H3. The molecule has 0 saturated carbocycles. The summed E-state index contributed by atoms with van der Waals surface area (Å²) in [5.74, 6) is -0.0986. The van der Waals surface area contributed by atoms with E-state index in [0.29, 0.717) is 32.5 Å². The van der Waals surface area contributed by atoms with E-state index >= 15 is 0 Å². The van der Waals surface area contributed by atoms with Crippen molar-refractivity contribution >= 4 is 39.3 Å². The molecule has 1 aromatic carbocycles. The molecule has 0 fully saturated rings. The van der Waals surface area contributed by atoms with Gasteiger partial charge in [0, 0.05) is 12.0 Å².